The van der Waals surface area contributed by atoms with Crippen molar-refractivity contribution < 1.29 is 5.21 Å². The fraction of sp³-hybridized carbons (Fsp3) is 0.500. The lowest BCUT2D eigenvalue weighted by atomic mass is 10.2. The lowest BCUT2D eigenvalue weighted by Crippen LogP contribution is -2.01. The molecule has 4 nitrogen and oxygen atoms in total. The Bertz CT molecular complexity index is 301. The quantitative estimate of drug-likeness (QED) is 0.411. The molecule has 1 N–H and O–H groups in total. The molecule has 0 aromatic carbocycles. The maximum atomic E-state index is 8.55. The molecule has 0 fully saturated rings. The Morgan fingerprint density at radius 3 is 2.83 bits per heavy atom. The molecule has 0 bridgehead atoms. The summed E-state index contributed by atoms with van der Waals surface area (Å²) in [4.78, 5) is 0. The van der Waals surface area contributed by atoms with E-state index in [-0.39, 0.29) is 0 Å². The van der Waals surface area contributed by atoms with Crippen LogP contribution in [0.15, 0.2) is 11.4 Å². The zero-order valence-electron chi connectivity index (χ0n) is 7.57. The zero-order valence-corrected chi connectivity index (χ0v) is 7.57. The summed E-state index contributed by atoms with van der Waals surface area (Å²) in [5, 5.41) is 15.8. The number of oxime groups is 1. The second kappa shape index (κ2) is 3.38. The van der Waals surface area contributed by atoms with E-state index in [4.69, 9.17) is 5.21 Å². The van der Waals surface area contributed by atoms with Gasteiger partial charge in [-0.2, -0.15) is 5.10 Å². The third-order valence-corrected chi connectivity index (χ3v) is 1.94. The molecule has 0 radical (unpaired) electrons. The fourth-order valence-corrected chi connectivity index (χ4v) is 1.17. The van der Waals surface area contributed by atoms with Crippen molar-refractivity contribution in [2.24, 2.45) is 5.16 Å². The van der Waals surface area contributed by atoms with E-state index in [1.54, 1.807) is 13.1 Å². The van der Waals surface area contributed by atoms with Gasteiger partial charge in [-0.25, -0.2) is 0 Å². The third kappa shape index (κ3) is 1.32. The van der Waals surface area contributed by atoms with Crippen molar-refractivity contribution in [2.75, 3.05) is 0 Å². The molecule has 0 aliphatic carbocycles. The molecule has 1 aromatic rings. The van der Waals surface area contributed by atoms with Gasteiger partial charge in [-0.1, -0.05) is 5.16 Å². The Hall–Kier alpha value is -1.32. The highest BCUT2D eigenvalue weighted by Crippen LogP contribution is 2.07. The summed E-state index contributed by atoms with van der Waals surface area (Å²) in [5.41, 5.74) is 2.54. The van der Waals surface area contributed by atoms with Gasteiger partial charge < -0.3 is 5.21 Å². The number of hydrogen-bond acceptors (Lipinski definition) is 3. The van der Waals surface area contributed by atoms with Crippen LogP contribution in [-0.2, 0) is 6.54 Å². The summed E-state index contributed by atoms with van der Waals surface area (Å²) in [6.07, 6.45) is 1.72. The average Bonchev–Trinajstić information content (AvgIpc) is 2.45. The van der Waals surface area contributed by atoms with Crippen LogP contribution < -0.4 is 0 Å². The largest absolute Gasteiger partial charge is 0.411 e. The monoisotopic (exact) mass is 167 g/mol. The number of nitrogens with zero attached hydrogens (tertiary/aromatic N) is 3. The predicted octanol–water partition coefficient (Wildman–Crippen LogP) is 1.41. The standard InChI is InChI=1S/C8H13N3O/c1-4-11-7(3)8(5-9-11)6(2)10-12/h5,12H,4H2,1-3H3. The minimum Gasteiger partial charge on any atom is -0.411 e. The van der Waals surface area contributed by atoms with Crippen LogP contribution in [0.3, 0.4) is 0 Å². The van der Waals surface area contributed by atoms with Crippen LogP contribution >= 0.6 is 0 Å². The van der Waals surface area contributed by atoms with Crippen molar-refractivity contribution in [1.82, 2.24) is 9.78 Å². The van der Waals surface area contributed by atoms with E-state index < -0.39 is 0 Å². The maximum absolute atomic E-state index is 8.55. The molecule has 0 saturated carbocycles. The van der Waals surface area contributed by atoms with Gasteiger partial charge in [0.15, 0.2) is 0 Å². The van der Waals surface area contributed by atoms with Gasteiger partial charge in [-0.05, 0) is 20.8 Å². The number of hydrogen-bond donors (Lipinski definition) is 1. The van der Waals surface area contributed by atoms with E-state index in [1.165, 1.54) is 0 Å². The van der Waals surface area contributed by atoms with E-state index in [0.29, 0.717) is 5.71 Å². The topological polar surface area (TPSA) is 50.4 Å². The normalized spacial score (nSPS) is 12.1. The Morgan fingerprint density at radius 2 is 2.42 bits per heavy atom. The first-order valence-electron chi connectivity index (χ1n) is 3.92. The highest BCUT2D eigenvalue weighted by Gasteiger charge is 2.07. The van der Waals surface area contributed by atoms with Crippen molar-refractivity contribution in [3.8, 4) is 0 Å². The molecule has 1 rings (SSSR count). The molecule has 1 heterocycles. The highest BCUT2D eigenvalue weighted by atomic mass is 16.4. The predicted molar refractivity (Wildman–Crippen MR) is 46.6 cm³/mol. The molecule has 0 atom stereocenters. The zero-order chi connectivity index (χ0) is 9.14. The van der Waals surface area contributed by atoms with Crippen LogP contribution in [0.2, 0.25) is 0 Å². The van der Waals surface area contributed by atoms with Crippen LogP contribution in [0.25, 0.3) is 0 Å². The van der Waals surface area contributed by atoms with Crippen molar-refractivity contribution >= 4 is 5.71 Å². The van der Waals surface area contributed by atoms with Gasteiger partial charge in [0.1, 0.15) is 0 Å². The van der Waals surface area contributed by atoms with Gasteiger partial charge in [0, 0.05) is 17.8 Å². The highest BCUT2D eigenvalue weighted by molar-refractivity contribution is 5.98. The van der Waals surface area contributed by atoms with Crippen LogP contribution in [0, 0.1) is 6.92 Å². The van der Waals surface area contributed by atoms with Gasteiger partial charge in [0.2, 0.25) is 0 Å². The van der Waals surface area contributed by atoms with Crippen molar-refractivity contribution in [1.29, 1.82) is 0 Å². The number of aromatic nitrogens is 2. The molecule has 0 unspecified atom stereocenters. The van der Waals surface area contributed by atoms with E-state index in [0.717, 1.165) is 17.8 Å². The molecule has 4 heteroatoms. The van der Waals surface area contributed by atoms with Crippen LogP contribution in [0.4, 0.5) is 0 Å². The SMILES string of the molecule is CCn1ncc(C(C)=NO)c1C. The van der Waals surface area contributed by atoms with Crippen LogP contribution in [-0.4, -0.2) is 20.7 Å². The Balaban J connectivity index is 3.10. The maximum Gasteiger partial charge on any atom is 0.0871 e. The molecule has 66 valence electrons. The van der Waals surface area contributed by atoms with Crippen LogP contribution in [0.1, 0.15) is 25.1 Å². The van der Waals surface area contributed by atoms with E-state index in [2.05, 4.69) is 10.3 Å². The minimum absolute atomic E-state index is 0.604. The molecule has 0 spiro atoms. The van der Waals surface area contributed by atoms with Gasteiger partial charge in [-0.15, -0.1) is 0 Å². The van der Waals surface area contributed by atoms with E-state index in [1.807, 2.05) is 18.5 Å². The molecule has 0 aliphatic heterocycles. The van der Waals surface area contributed by atoms with Gasteiger partial charge in [-0.3, -0.25) is 4.68 Å². The molecule has 1 aromatic heterocycles. The molecular weight excluding hydrogens is 154 g/mol. The average molecular weight is 167 g/mol. The third-order valence-electron chi connectivity index (χ3n) is 1.94. The molecule has 0 amide bonds. The Kier molecular flexibility index (Phi) is 2.47. The van der Waals surface area contributed by atoms with Crippen molar-refractivity contribution in [2.45, 2.75) is 27.3 Å². The summed E-state index contributed by atoms with van der Waals surface area (Å²) < 4.78 is 1.87. The van der Waals surface area contributed by atoms with Crippen LogP contribution in [0.5, 0.6) is 0 Å². The van der Waals surface area contributed by atoms with Gasteiger partial charge >= 0.3 is 0 Å². The smallest absolute Gasteiger partial charge is 0.0871 e. The van der Waals surface area contributed by atoms with Crippen molar-refractivity contribution in [3.05, 3.63) is 17.5 Å². The van der Waals surface area contributed by atoms with E-state index in [9.17, 15) is 0 Å². The Morgan fingerprint density at radius 1 is 1.75 bits per heavy atom. The molecule has 0 saturated heterocycles. The van der Waals surface area contributed by atoms with E-state index >= 15 is 0 Å². The summed E-state index contributed by atoms with van der Waals surface area (Å²) in [6, 6.07) is 0. The molecular formula is C8H13N3O. The first-order valence-corrected chi connectivity index (χ1v) is 3.92. The minimum atomic E-state index is 0.604. The van der Waals surface area contributed by atoms with Gasteiger partial charge in [0.05, 0.1) is 11.9 Å². The second-order valence-electron chi connectivity index (χ2n) is 2.64. The van der Waals surface area contributed by atoms with Crippen molar-refractivity contribution in [3.63, 3.8) is 0 Å². The van der Waals surface area contributed by atoms with Gasteiger partial charge in [0.25, 0.3) is 0 Å². The summed E-state index contributed by atoms with van der Waals surface area (Å²) in [7, 11) is 0. The summed E-state index contributed by atoms with van der Waals surface area (Å²) in [5.74, 6) is 0. The number of rotatable bonds is 2. The summed E-state index contributed by atoms with van der Waals surface area (Å²) in [6.45, 7) is 6.57. The first kappa shape index (κ1) is 8.77. The first-order chi connectivity index (χ1) is 5.70. The Labute approximate surface area is 71.5 Å². The molecule has 12 heavy (non-hydrogen) atoms. The lowest BCUT2D eigenvalue weighted by molar-refractivity contribution is 0.319. The lowest BCUT2D eigenvalue weighted by Gasteiger charge is -1.99. The number of aryl methyl sites for hydroxylation is 1. The second-order valence-corrected chi connectivity index (χ2v) is 2.64. The summed E-state index contributed by atoms with van der Waals surface area (Å²) >= 11 is 0. The fourth-order valence-electron chi connectivity index (χ4n) is 1.17. The molecule has 0 aliphatic rings.